The summed E-state index contributed by atoms with van der Waals surface area (Å²) >= 11 is 0. The molecule has 0 bridgehead atoms. The van der Waals surface area contributed by atoms with Gasteiger partial charge in [0, 0.05) is 38.3 Å². The lowest BCUT2D eigenvalue weighted by molar-refractivity contribution is -0.117. The van der Waals surface area contributed by atoms with Crippen LogP contribution in [0.4, 0.5) is 4.39 Å². The van der Waals surface area contributed by atoms with Gasteiger partial charge in [0.15, 0.2) is 17.2 Å². The number of amides is 1. The molecule has 0 radical (unpaired) electrons. The normalized spacial score (nSPS) is 13.5. The number of pyridine rings is 1. The number of halogens is 1. The molecule has 4 rings (SSSR count). The predicted octanol–water partition coefficient (Wildman–Crippen LogP) is 3.08. The number of benzene rings is 1. The average molecular weight is 474 g/mol. The van der Waals surface area contributed by atoms with Gasteiger partial charge in [-0.15, -0.1) is 0 Å². The molecule has 1 amide bonds. The van der Waals surface area contributed by atoms with Crippen molar-refractivity contribution in [3.63, 3.8) is 0 Å². The summed E-state index contributed by atoms with van der Waals surface area (Å²) < 4.78 is 21.3. The third-order valence-corrected chi connectivity index (χ3v) is 5.69. The average Bonchev–Trinajstić information content (AvgIpc) is 3.64. The lowest BCUT2D eigenvalue weighted by Crippen LogP contribution is -2.26. The van der Waals surface area contributed by atoms with Gasteiger partial charge in [0.2, 0.25) is 0 Å². The molecule has 1 fully saturated rings. The van der Waals surface area contributed by atoms with Crippen molar-refractivity contribution in [2.24, 2.45) is 10.7 Å². The zero-order chi connectivity index (χ0) is 24.9. The second-order valence-electron chi connectivity index (χ2n) is 8.03. The van der Waals surface area contributed by atoms with E-state index >= 15 is 0 Å². The lowest BCUT2D eigenvalue weighted by Gasteiger charge is -2.11. The molecule has 1 aliphatic carbocycles. The first-order chi connectivity index (χ1) is 17.0. The van der Waals surface area contributed by atoms with Crippen molar-refractivity contribution in [2.75, 3.05) is 7.11 Å². The van der Waals surface area contributed by atoms with Gasteiger partial charge in [-0.3, -0.25) is 9.79 Å². The molecular formula is C25H24FN7O2. The minimum absolute atomic E-state index is 0. The number of ether oxygens (including phenoxy) is 1. The first-order valence-corrected chi connectivity index (χ1v) is 10.9. The number of carbonyl (C=O) groups excluding carboxylic acids is 1. The fourth-order valence-electron chi connectivity index (χ4n) is 3.69. The Morgan fingerprint density at radius 2 is 2.14 bits per heavy atom. The van der Waals surface area contributed by atoms with Gasteiger partial charge in [0.25, 0.3) is 5.91 Å². The third kappa shape index (κ3) is 4.97. The highest BCUT2D eigenvalue weighted by molar-refractivity contribution is 6.12. The van der Waals surface area contributed by atoms with E-state index in [1.807, 2.05) is 22.7 Å². The van der Waals surface area contributed by atoms with Gasteiger partial charge in [-0.05, 0) is 42.5 Å². The number of hydrogen-bond donors (Lipinski definition) is 2. The number of rotatable bonds is 8. The molecule has 0 unspecified atom stereocenters. The zero-order valence-corrected chi connectivity index (χ0v) is 19.0. The summed E-state index contributed by atoms with van der Waals surface area (Å²) in [6, 6.07) is 8.75. The highest BCUT2D eigenvalue weighted by Crippen LogP contribution is 2.40. The summed E-state index contributed by atoms with van der Waals surface area (Å²) in [7, 11) is 1.31. The Balaban J connectivity index is 0.00000361. The maximum absolute atomic E-state index is 14.5. The molecule has 3 aromatic rings. The van der Waals surface area contributed by atoms with Gasteiger partial charge in [0.1, 0.15) is 6.07 Å². The maximum Gasteiger partial charge on any atom is 0.254 e. The number of nitriles is 2. The Kier molecular flexibility index (Phi) is 6.74. The quantitative estimate of drug-likeness (QED) is 0.380. The van der Waals surface area contributed by atoms with E-state index in [4.69, 9.17) is 10.5 Å². The van der Waals surface area contributed by atoms with E-state index in [0.29, 0.717) is 22.8 Å². The van der Waals surface area contributed by atoms with E-state index in [1.165, 1.54) is 25.5 Å². The van der Waals surface area contributed by atoms with Crippen LogP contribution in [0.25, 0.3) is 5.65 Å². The van der Waals surface area contributed by atoms with Crippen LogP contribution in [0.15, 0.2) is 47.4 Å². The Morgan fingerprint density at radius 3 is 2.80 bits per heavy atom. The van der Waals surface area contributed by atoms with Gasteiger partial charge >= 0.3 is 0 Å². The van der Waals surface area contributed by atoms with Crippen LogP contribution in [-0.2, 0) is 17.9 Å². The summed E-state index contributed by atoms with van der Waals surface area (Å²) in [4.78, 5) is 21.3. The molecule has 178 valence electrons. The fourth-order valence-corrected chi connectivity index (χ4v) is 3.69. The molecule has 1 saturated carbocycles. The van der Waals surface area contributed by atoms with Gasteiger partial charge in [-0.25, -0.2) is 9.37 Å². The van der Waals surface area contributed by atoms with Crippen LogP contribution >= 0.6 is 0 Å². The minimum atomic E-state index is -0.716. The van der Waals surface area contributed by atoms with Crippen LogP contribution in [0.3, 0.4) is 0 Å². The van der Waals surface area contributed by atoms with E-state index in [2.05, 4.69) is 21.4 Å². The van der Waals surface area contributed by atoms with Crippen molar-refractivity contribution in [2.45, 2.75) is 31.8 Å². The standard InChI is InChI=1S/C25H22FN7O2.H2/c1-35-22-5-4-16(7-27)21(23(22)26)12-31-25(34)19(9-29)10-30-11-20-14-33-13-18(15-2-3-15)6-17(8-28)24(33)32-20;/h4-6,9-10,13-15H,2-3,11-12,29H2,1H3,(H,31,34);1H/b19-9+,30-10?;. The molecule has 0 saturated heterocycles. The number of carbonyl (C=O) groups is 1. The van der Waals surface area contributed by atoms with Crippen molar-refractivity contribution >= 4 is 17.8 Å². The van der Waals surface area contributed by atoms with Crippen LogP contribution in [0, 0.1) is 28.5 Å². The topological polar surface area (TPSA) is 142 Å². The summed E-state index contributed by atoms with van der Waals surface area (Å²) in [6.07, 6.45) is 8.43. The van der Waals surface area contributed by atoms with Crippen molar-refractivity contribution < 1.29 is 15.3 Å². The lowest BCUT2D eigenvalue weighted by atomic mass is 10.1. The monoisotopic (exact) mass is 473 g/mol. The molecule has 35 heavy (non-hydrogen) atoms. The number of nitrogens with two attached hydrogens (primary N) is 1. The largest absolute Gasteiger partial charge is 0.494 e. The van der Waals surface area contributed by atoms with E-state index in [9.17, 15) is 19.7 Å². The number of fused-ring (bicyclic) bond motifs is 1. The molecule has 2 heterocycles. The van der Waals surface area contributed by atoms with E-state index in [1.54, 1.807) is 6.20 Å². The Hall–Kier alpha value is -4.70. The number of imidazole rings is 1. The van der Waals surface area contributed by atoms with Gasteiger partial charge in [0.05, 0.1) is 42.1 Å². The van der Waals surface area contributed by atoms with Gasteiger partial charge < -0.3 is 20.2 Å². The Bertz CT molecular complexity index is 1450. The zero-order valence-electron chi connectivity index (χ0n) is 19.0. The number of nitrogens with zero attached hydrogens (tertiary/aromatic N) is 5. The highest BCUT2D eigenvalue weighted by atomic mass is 19.1. The van der Waals surface area contributed by atoms with Gasteiger partial charge in [-0.1, -0.05) is 0 Å². The molecule has 10 heteroatoms. The van der Waals surface area contributed by atoms with Crippen LogP contribution in [-0.4, -0.2) is 28.6 Å². The fraction of sp³-hybridized carbons (Fsp3) is 0.240. The third-order valence-electron chi connectivity index (χ3n) is 5.69. The van der Waals surface area contributed by atoms with Crippen molar-refractivity contribution in [1.82, 2.24) is 14.7 Å². The van der Waals surface area contributed by atoms with Crippen molar-refractivity contribution in [3.05, 3.63) is 76.1 Å². The molecule has 0 spiro atoms. The first kappa shape index (κ1) is 23.5. The Labute approximate surface area is 202 Å². The van der Waals surface area contributed by atoms with E-state index < -0.39 is 11.7 Å². The number of nitrogens with one attached hydrogen (secondary N) is 1. The predicted molar refractivity (Wildman–Crippen MR) is 128 cm³/mol. The molecule has 3 N–H and O–H groups in total. The molecule has 1 aromatic carbocycles. The summed E-state index contributed by atoms with van der Waals surface area (Å²) in [5.41, 5.74) is 8.56. The van der Waals surface area contributed by atoms with Crippen LogP contribution in [0.5, 0.6) is 5.75 Å². The van der Waals surface area contributed by atoms with Gasteiger partial charge in [-0.2, -0.15) is 10.5 Å². The molecule has 0 aliphatic heterocycles. The van der Waals surface area contributed by atoms with Crippen molar-refractivity contribution in [1.29, 1.82) is 10.5 Å². The summed E-state index contributed by atoms with van der Waals surface area (Å²) in [5, 5.41) is 21.3. The highest BCUT2D eigenvalue weighted by Gasteiger charge is 2.25. The molecule has 0 atom stereocenters. The Morgan fingerprint density at radius 1 is 1.37 bits per heavy atom. The number of hydrogen-bond acceptors (Lipinski definition) is 7. The molecule has 2 aromatic heterocycles. The summed E-state index contributed by atoms with van der Waals surface area (Å²) in [5.74, 6) is -0.827. The van der Waals surface area contributed by atoms with Crippen molar-refractivity contribution in [3.8, 4) is 17.9 Å². The number of aliphatic imine (C=N–C) groups is 1. The van der Waals surface area contributed by atoms with Crippen LogP contribution < -0.4 is 15.8 Å². The molecule has 1 aliphatic rings. The second kappa shape index (κ2) is 10.1. The SMILES string of the molecule is COc1ccc(C#N)c(CNC(=O)/C(C=NCc2cn3cc(C4CC4)cc(C#N)c3n2)=C/N)c1F.[HH]. The maximum atomic E-state index is 14.5. The number of methoxy groups -OCH3 is 1. The van der Waals surface area contributed by atoms with Crippen LogP contribution in [0.2, 0.25) is 0 Å². The molecular weight excluding hydrogens is 449 g/mol. The molecule has 9 nitrogen and oxygen atoms in total. The summed E-state index contributed by atoms with van der Waals surface area (Å²) in [6.45, 7) is -0.0678. The number of aromatic nitrogens is 2. The van der Waals surface area contributed by atoms with E-state index in [0.717, 1.165) is 24.6 Å². The minimum Gasteiger partial charge on any atom is -0.494 e. The smallest absolute Gasteiger partial charge is 0.254 e. The second-order valence-corrected chi connectivity index (χ2v) is 8.03. The van der Waals surface area contributed by atoms with Crippen LogP contribution in [0.1, 0.15) is 48.1 Å². The first-order valence-electron chi connectivity index (χ1n) is 10.9. The van der Waals surface area contributed by atoms with E-state index in [-0.39, 0.29) is 37.0 Å².